The fourth-order valence-electron chi connectivity index (χ4n) is 5.51. The predicted molar refractivity (Wildman–Crippen MR) is 155 cm³/mol. The Kier molecular flexibility index (Phi) is 8.69. The van der Waals surface area contributed by atoms with E-state index in [0.29, 0.717) is 61.8 Å². The summed E-state index contributed by atoms with van der Waals surface area (Å²) in [5.74, 6) is -0.387. The molecule has 2 aliphatic rings. The number of rotatable bonds is 7. The van der Waals surface area contributed by atoms with Gasteiger partial charge in [0.25, 0.3) is 0 Å². The summed E-state index contributed by atoms with van der Waals surface area (Å²) in [5, 5.41) is 6.68. The SMILES string of the molecule is CC(C)OC(=O)N1CCC[C@@H](Nc2ncc3nc(Nc4c(F)cc(Cl)cc4Cl)n(C4CCC(C(N)=O)CC4)c3n2)C1. The third kappa shape index (κ3) is 6.59. The highest BCUT2D eigenvalue weighted by Crippen LogP contribution is 2.38. The smallest absolute Gasteiger partial charge is 0.410 e. The molecule has 14 heteroatoms. The fraction of sp³-hybridized carbons (Fsp3) is 0.519. The lowest BCUT2D eigenvalue weighted by Gasteiger charge is -2.33. The molecule has 2 fully saturated rings. The number of nitrogens with one attached hydrogen (secondary N) is 2. The van der Waals surface area contributed by atoms with E-state index in [1.165, 1.54) is 12.1 Å². The van der Waals surface area contributed by atoms with Crippen molar-refractivity contribution in [3.8, 4) is 0 Å². The Balaban J connectivity index is 1.45. The topological polar surface area (TPSA) is 140 Å². The van der Waals surface area contributed by atoms with Crippen LogP contribution < -0.4 is 16.4 Å². The Morgan fingerprint density at radius 2 is 1.90 bits per heavy atom. The molecule has 41 heavy (non-hydrogen) atoms. The third-order valence-corrected chi connectivity index (χ3v) is 8.01. The molecular formula is C27H33Cl2FN8O3. The maximum atomic E-state index is 14.9. The van der Waals surface area contributed by atoms with Crippen molar-refractivity contribution in [1.82, 2.24) is 24.4 Å². The van der Waals surface area contributed by atoms with E-state index >= 15 is 0 Å². The summed E-state index contributed by atoms with van der Waals surface area (Å²) in [6, 6.07) is 2.48. The minimum absolute atomic E-state index is 0.0420. The van der Waals surface area contributed by atoms with Crippen molar-refractivity contribution in [3.05, 3.63) is 34.2 Å². The maximum absolute atomic E-state index is 14.9. The molecule has 1 saturated heterocycles. The van der Waals surface area contributed by atoms with E-state index in [0.717, 1.165) is 12.8 Å². The second kappa shape index (κ2) is 12.2. The Labute approximate surface area is 246 Å². The first kappa shape index (κ1) is 29.1. The van der Waals surface area contributed by atoms with Crippen LogP contribution in [0.25, 0.3) is 11.2 Å². The number of aromatic nitrogens is 4. The summed E-state index contributed by atoms with van der Waals surface area (Å²) in [6.45, 7) is 4.73. The lowest BCUT2D eigenvalue weighted by Crippen LogP contribution is -2.46. The van der Waals surface area contributed by atoms with Gasteiger partial charge in [-0.2, -0.15) is 4.98 Å². The highest BCUT2D eigenvalue weighted by Gasteiger charge is 2.30. The van der Waals surface area contributed by atoms with Crippen molar-refractivity contribution in [2.24, 2.45) is 11.7 Å². The number of imidazole rings is 1. The van der Waals surface area contributed by atoms with Gasteiger partial charge in [-0.25, -0.2) is 19.2 Å². The van der Waals surface area contributed by atoms with Crippen LogP contribution in [0.3, 0.4) is 0 Å². The van der Waals surface area contributed by atoms with Crippen molar-refractivity contribution in [2.45, 2.75) is 70.6 Å². The fourth-order valence-corrected chi connectivity index (χ4v) is 6.02. The van der Waals surface area contributed by atoms with E-state index in [-0.39, 0.29) is 51.8 Å². The second-order valence-corrected chi connectivity index (χ2v) is 11.7. The Bertz CT molecular complexity index is 1420. The van der Waals surface area contributed by atoms with Gasteiger partial charge in [0.1, 0.15) is 11.3 Å². The zero-order valence-corrected chi connectivity index (χ0v) is 24.4. The van der Waals surface area contributed by atoms with E-state index < -0.39 is 5.82 Å². The lowest BCUT2D eigenvalue weighted by atomic mass is 9.85. The summed E-state index contributed by atoms with van der Waals surface area (Å²) in [7, 11) is 0. The van der Waals surface area contributed by atoms with Gasteiger partial charge in [0, 0.05) is 36.1 Å². The number of piperidine rings is 1. The lowest BCUT2D eigenvalue weighted by molar-refractivity contribution is -0.122. The number of hydrogen-bond donors (Lipinski definition) is 3. The van der Waals surface area contributed by atoms with Gasteiger partial charge in [0.05, 0.1) is 23.0 Å². The number of nitrogens with zero attached hydrogens (tertiary/aromatic N) is 5. The van der Waals surface area contributed by atoms with Crippen LogP contribution in [0.1, 0.15) is 58.4 Å². The average Bonchev–Trinajstić information content (AvgIpc) is 3.27. The van der Waals surface area contributed by atoms with Gasteiger partial charge in [-0.1, -0.05) is 23.2 Å². The standard InChI is InChI=1S/C27H33Cl2FN8O3/c1-14(2)41-27(40)37-9-3-4-17(13-37)33-25-32-12-21-24(36-25)38(18-7-5-15(6-8-18)23(31)39)26(34-21)35-22-19(29)10-16(28)11-20(22)30/h10-12,14-15,17-18H,3-9,13H2,1-2H3,(H2,31,39)(H,34,35)(H,32,33,36)/t15?,17-,18?/m1/s1. The van der Waals surface area contributed by atoms with Crippen LogP contribution in [0, 0.1) is 11.7 Å². The molecule has 2 aromatic heterocycles. The molecule has 1 aliphatic heterocycles. The molecule has 0 bridgehead atoms. The van der Waals surface area contributed by atoms with Gasteiger partial charge >= 0.3 is 6.09 Å². The van der Waals surface area contributed by atoms with E-state index in [1.54, 1.807) is 11.1 Å². The highest BCUT2D eigenvalue weighted by atomic mass is 35.5. The van der Waals surface area contributed by atoms with Gasteiger partial charge in [-0.05, 0) is 64.5 Å². The number of carbonyl (C=O) groups is 2. The average molecular weight is 608 g/mol. The summed E-state index contributed by atoms with van der Waals surface area (Å²) in [5.41, 5.74) is 6.66. The van der Waals surface area contributed by atoms with E-state index in [9.17, 15) is 14.0 Å². The van der Waals surface area contributed by atoms with Crippen molar-refractivity contribution in [2.75, 3.05) is 23.7 Å². The number of anilines is 3. The Hall–Kier alpha value is -3.38. The van der Waals surface area contributed by atoms with Crippen LogP contribution in [-0.2, 0) is 9.53 Å². The number of ether oxygens (including phenoxy) is 1. The largest absolute Gasteiger partial charge is 0.447 e. The molecule has 4 N–H and O–H groups in total. The van der Waals surface area contributed by atoms with E-state index in [2.05, 4.69) is 20.6 Å². The summed E-state index contributed by atoms with van der Waals surface area (Å²) >= 11 is 12.3. The van der Waals surface area contributed by atoms with Crippen LogP contribution >= 0.6 is 23.2 Å². The number of primary amides is 1. The van der Waals surface area contributed by atoms with Crippen LogP contribution in [0.15, 0.2) is 18.3 Å². The van der Waals surface area contributed by atoms with Crippen molar-refractivity contribution < 1.29 is 18.7 Å². The number of amides is 2. The molecule has 3 heterocycles. The number of likely N-dealkylation sites (tertiary alicyclic amines) is 1. The first-order valence-electron chi connectivity index (χ1n) is 13.8. The predicted octanol–water partition coefficient (Wildman–Crippen LogP) is 5.65. The van der Waals surface area contributed by atoms with Crippen LogP contribution in [0.2, 0.25) is 10.0 Å². The molecule has 0 radical (unpaired) electrons. The van der Waals surface area contributed by atoms with Gasteiger partial charge in [0.15, 0.2) is 5.65 Å². The summed E-state index contributed by atoms with van der Waals surface area (Å²) in [6.07, 6.45) is 5.29. The molecule has 0 unspecified atom stereocenters. The minimum Gasteiger partial charge on any atom is -0.447 e. The number of carbonyl (C=O) groups excluding carboxylic acids is 2. The van der Waals surface area contributed by atoms with Gasteiger partial charge in [-0.3, -0.25) is 9.36 Å². The normalized spacial score (nSPS) is 21.2. The number of fused-ring (bicyclic) bond motifs is 1. The number of halogens is 3. The Morgan fingerprint density at radius 3 is 2.59 bits per heavy atom. The van der Waals surface area contributed by atoms with Gasteiger partial charge in [0.2, 0.25) is 17.8 Å². The second-order valence-electron chi connectivity index (χ2n) is 10.8. The molecule has 5 rings (SSSR count). The number of hydrogen-bond acceptors (Lipinski definition) is 8. The third-order valence-electron chi connectivity index (χ3n) is 7.49. The maximum Gasteiger partial charge on any atom is 0.410 e. The van der Waals surface area contributed by atoms with Crippen molar-refractivity contribution in [1.29, 1.82) is 0 Å². The molecule has 220 valence electrons. The van der Waals surface area contributed by atoms with E-state index in [1.807, 2.05) is 18.4 Å². The van der Waals surface area contributed by atoms with Gasteiger partial charge in [-0.15, -0.1) is 0 Å². The minimum atomic E-state index is -0.621. The molecule has 1 aliphatic carbocycles. The molecule has 2 amide bonds. The van der Waals surface area contributed by atoms with Crippen LogP contribution in [-0.4, -0.2) is 61.7 Å². The quantitative estimate of drug-likeness (QED) is 0.313. The van der Waals surface area contributed by atoms with Gasteiger partial charge < -0.3 is 26.0 Å². The number of benzene rings is 1. The molecule has 0 spiro atoms. The molecule has 3 aromatic rings. The zero-order valence-electron chi connectivity index (χ0n) is 22.9. The van der Waals surface area contributed by atoms with Crippen LogP contribution in [0.5, 0.6) is 0 Å². The highest BCUT2D eigenvalue weighted by molar-refractivity contribution is 6.36. The summed E-state index contributed by atoms with van der Waals surface area (Å²) < 4.78 is 22.1. The first-order chi connectivity index (χ1) is 19.6. The number of nitrogens with two attached hydrogens (primary N) is 1. The summed E-state index contributed by atoms with van der Waals surface area (Å²) in [4.78, 5) is 39.9. The molecule has 1 saturated carbocycles. The Morgan fingerprint density at radius 1 is 1.15 bits per heavy atom. The molecule has 1 aromatic carbocycles. The zero-order chi connectivity index (χ0) is 29.3. The van der Waals surface area contributed by atoms with E-state index in [4.69, 9.17) is 38.7 Å². The molecule has 1 atom stereocenters. The molecular weight excluding hydrogens is 574 g/mol. The monoisotopic (exact) mass is 606 g/mol. The van der Waals surface area contributed by atoms with Crippen LogP contribution in [0.4, 0.5) is 26.8 Å². The molecule has 11 nitrogen and oxygen atoms in total. The van der Waals surface area contributed by atoms with Crippen molar-refractivity contribution >= 4 is 64.0 Å². The first-order valence-corrected chi connectivity index (χ1v) is 14.5. The van der Waals surface area contributed by atoms with Crippen molar-refractivity contribution in [3.63, 3.8) is 0 Å².